The number of nitrogens with zero attached hydrogens (tertiary/aromatic N) is 4. The van der Waals surface area contributed by atoms with Gasteiger partial charge in [-0.2, -0.15) is 0 Å². The first kappa shape index (κ1) is 13.6. The van der Waals surface area contributed by atoms with Crippen LogP contribution in [0.3, 0.4) is 0 Å². The molecular weight excluding hydrogens is 281 g/mol. The Bertz CT molecular complexity index is 693. The average molecular weight is 297 g/mol. The second-order valence-electron chi connectivity index (χ2n) is 5.40. The molecule has 0 bridgehead atoms. The van der Waals surface area contributed by atoms with E-state index in [9.17, 15) is 5.02 Å². The summed E-state index contributed by atoms with van der Waals surface area (Å²) in [6.45, 7) is 4.04. The summed E-state index contributed by atoms with van der Waals surface area (Å²) >= 11 is 0. The number of piperazine rings is 1. The number of pyridine rings is 1. The van der Waals surface area contributed by atoms with Crippen LogP contribution in [0.1, 0.15) is 5.69 Å². The molecule has 0 atom stereocenters. The molecule has 2 aliphatic rings. The molecule has 0 saturated carbocycles. The number of fused-ring (bicyclic) bond motifs is 1. The van der Waals surface area contributed by atoms with E-state index in [-0.39, 0.29) is 0 Å². The van der Waals surface area contributed by atoms with E-state index < -0.39 is 7.12 Å². The predicted octanol–water partition coefficient (Wildman–Crippen LogP) is -0.834. The first-order chi connectivity index (χ1) is 10.8. The smallest absolute Gasteiger partial charge is 0.423 e. The highest BCUT2D eigenvalue weighted by Crippen LogP contribution is 2.19. The zero-order chi connectivity index (χ0) is 14.9. The van der Waals surface area contributed by atoms with Gasteiger partial charge in [-0.3, -0.25) is 4.98 Å². The zero-order valence-corrected chi connectivity index (χ0v) is 12.1. The highest BCUT2D eigenvalue weighted by Gasteiger charge is 2.28. The van der Waals surface area contributed by atoms with Crippen LogP contribution in [0.15, 0.2) is 24.5 Å². The van der Waals surface area contributed by atoms with Gasteiger partial charge in [-0.05, 0) is 12.1 Å². The predicted molar refractivity (Wildman–Crippen MR) is 82.7 cm³/mol. The summed E-state index contributed by atoms with van der Waals surface area (Å²) in [7, 11) is -0.892. The molecule has 0 radical (unpaired) electrons. The third-order valence-corrected chi connectivity index (χ3v) is 3.99. The summed E-state index contributed by atoms with van der Waals surface area (Å²) < 4.78 is 5.18. The Balaban J connectivity index is 1.66. The minimum absolute atomic E-state index is 0.354. The lowest BCUT2D eigenvalue weighted by molar-refractivity contribution is 0.272. The molecule has 7 nitrogen and oxygen atoms in total. The summed E-state index contributed by atoms with van der Waals surface area (Å²) in [5.74, 6) is 0.733. The van der Waals surface area contributed by atoms with Crippen LogP contribution in [-0.4, -0.2) is 53.3 Å². The maximum atomic E-state index is 9.80. The second kappa shape index (κ2) is 5.64. The Morgan fingerprint density at radius 3 is 3.00 bits per heavy atom. The van der Waals surface area contributed by atoms with Crippen molar-refractivity contribution in [3.63, 3.8) is 0 Å². The molecule has 0 aromatic carbocycles. The van der Waals surface area contributed by atoms with E-state index in [1.54, 1.807) is 12.4 Å². The second-order valence-corrected chi connectivity index (χ2v) is 5.40. The molecule has 8 heteroatoms. The van der Waals surface area contributed by atoms with Crippen molar-refractivity contribution in [2.75, 3.05) is 31.1 Å². The normalized spacial score (nSPS) is 17.7. The van der Waals surface area contributed by atoms with Crippen LogP contribution in [0, 0.1) is 0 Å². The van der Waals surface area contributed by atoms with Gasteiger partial charge >= 0.3 is 7.12 Å². The Labute approximate surface area is 128 Å². The molecule has 112 valence electrons. The molecule has 2 aromatic rings. The Morgan fingerprint density at radius 2 is 2.14 bits per heavy atom. The first-order valence-electron chi connectivity index (χ1n) is 7.39. The van der Waals surface area contributed by atoms with E-state index in [0.717, 1.165) is 54.5 Å². The van der Waals surface area contributed by atoms with Gasteiger partial charge in [-0.15, -0.1) is 0 Å². The van der Waals surface area contributed by atoms with Gasteiger partial charge in [0, 0.05) is 49.6 Å². The van der Waals surface area contributed by atoms with Gasteiger partial charge in [-0.25, -0.2) is 9.97 Å². The lowest BCUT2D eigenvalue weighted by Gasteiger charge is -2.27. The van der Waals surface area contributed by atoms with E-state index in [0.29, 0.717) is 6.61 Å². The van der Waals surface area contributed by atoms with Crippen LogP contribution in [0.25, 0.3) is 11.3 Å². The van der Waals surface area contributed by atoms with Crippen LogP contribution < -0.4 is 15.7 Å². The Hall–Kier alpha value is -2.03. The van der Waals surface area contributed by atoms with Crippen molar-refractivity contribution >= 4 is 18.5 Å². The highest BCUT2D eigenvalue weighted by atomic mass is 16.5. The molecule has 22 heavy (non-hydrogen) atoms. The van der Waals surface area contributed by atoms with E-state index in [1.807, 2.05) is 12.1 Å². The molecular formula is C14H16BN5O2. The molecule has 1 saturated heterocycles. The van der Waals surface area contributed by atoms with Gasteiger partial charge in [-0.1, -0.05) is 0 Å². The van der Waals surface area contributed by atoms with Gasteiger partial charge in [0.15, 0.2) is 0 Å². The molecule has 2 N–H and O–H groups in total. The van der Waals surface area contributed by atoms with E-state index in [4.69, 9.17) is 4.65 Å². The third kappa shape index (κ3) is 2.45. The van der Waals surface area contributed by atoms with Crippen LogP contribution >= 0.6 is 0 Å². The number of hydrogen-bond acceptors (Lipinski definition) is 7. The van der Waals surface area contributed by atoms with Crippen molar-refractivity contribution in [2.45, 2.75) is 6.61 Å². The van der Waals surface area contributed by atoms with Gasteiger partial charge < -0.3 is 19.9 Å². The minimum Gasteiger partial charge on any atom is -0.423 e. The fraction of sp³-hybridized carbons (Fsp3) is 0.357. The lowest BCUT2D eigenvalue weighted by atomic mass is 9.80. The van der Waals surface area contributed by atoms with Crippen LogP contribution in [0.4, 0.5) is 5.95 Å². The van der Waals surface area contributed by atoms with E-state index >= 15 is 0 Å². The number of anilines is 1. The minimum atomic E-state index is -0.892. The van der Waals surface area contributed by atoms with E-state index in [1.165, 1.54) is 0 Å². The molecule has 2 aromatic heterocycles. The molecule has 2 aliphatic heterocycles. The van der Waals surface area contributed by atoms with E-state index in [2.05, 4.69) is 25.2 Å². The molecule has 4 rings (SSSR count). The lowest BCUT2D eigenvalue weighted by Crippen LogP contribution is -2.44. The summed E-state index contributed by atoms with van der Waals surface area (Å²) in [4.78, 5) is 15.5. The Morgan fingerprint density at radius 1 is 1.27 bits per heavy atom. The largest absolute Gasteiger partial charge is 0.493 e. The summed E-state index contributed by atoms with van der Waals surface area (Å²) in [5.41, 5.74) is 3.17. The van der Waals surface area contributed by atoms with Crippen LogP contribution in [0.2, 0.25) is 0 Å². The number of aromatic nitrogens is 3. The van der Waals surface area contributed by atoms with Crippen molar-refractivity contribution in [1.29, 1.82) is 0 Å². The molecule has 0 aliphatic carbocycles. The molecule has 0 unspecified atom stereocenters. The SMILES string of the molecule is OB1OCc2ncc(-c3ccnc(N4CCNCC4)n3)cc21. The van der Waals surface area contributed by atoms with Gasteiger partial charge in [0.1, 0.15) is 0 Å². The number of nitrogens with one attached hydrogen (secondary N) is 1. The van der Waals surface area contributed by atoms with Gasteiger partial charge in [0.2, 0.25) is 5.95 Å². The number of rotatable bonds is 2. The van der Waals surface area contributed by atoms with Crippen molar-refractivity contribution in [2.24, 2.45) is 0 Å². The first-order valence-corrected chi connectivity index (χ1v) is 7.39. The van der Waals surface area contributed by atoms with Crippen LogP contribution in [-0.2, 0) is 11.3 Å². The van der Waals surface area contributed by atoms with Crippen molar-refractivity contribution in [3.05, 3.63) is 30.2 Å². The van der Waals surface area contributed by atoms with Crippen molar-refractivity contribution in [3.8, 4) is 11.3 Å². The summed E-state index contributed by atoms with van der Waals surface area (Å²) in [6, 6.07) is 3.75. The maximum Gasteiger partial charge on any atom is 0.493 e. The third-order valence-electron chi connectivity index (χ3n) is 3.99. The molecule has 0 spiro atoms. The molecule has 1 fully saturated rings. The fourth-order valence-electron chi connectivity index (χ4n) is 2.76. The van der Waals surface area contributed by atoms with Gasteiger partial charge in [0.25, 0.3) is 0 Å². The quantitative estimate of drug-likeness (QED) is 0.700. The summed E-state index contributed by atoms with van der Waals surface area (Å²) in [5, 5.41) is 13.1. The summed E-state index contributed by atoms with van der Waals surface area (Å²) in [6.07, 6.45) is 3.53. The molecule has 0 amide bonds. The highest BCUT2D eigenvalue weighted by molar-refractivity contribution is 6.61. The Kier molecular flexibility index (Phi) is 3.49. The average Bonchev–Trinajstić information content (AvgIpc) is 2.96. The maximum absolute atomic E-state index is 9.80. The number of hydrogen-bond donors (Lipinski definition) is 2. The zero-order valence-electron chi connectivity index (χ0n) is 12.1. The standard InChI is InChI=1S/C14H16BN5O2/c21-15-11-7-10(8-18-13(11)9-22-15)12-1-2-17-14(19-12)20-5-3-16-4-6-20/h1-2,7-8,16,21H,3-6,9H2. The molecule has 4 heterocycles. The van der Waals surface area contributed by atoms with Crippen LogP contribution in [0.5, 0.6) is 0 Å². The topological polar surface area (TPSA) is 83.4 Å². The van der Waals surface area contributed by atoms with Crippen molar-refractivity contribution < 1.29 is 9.68 Å². The fourth-order valence-corrected chi connectivity index (χ4v) is 2.76. The van der Waals surface area contributed by atoms with Crippen molar-refractivity contribution in [1.82, 2.24) is 20.3 Å². The monoisotopic (exact) mass is 297 g/mol. The van der Waals surface area contributed by atoms with Gasteiger partial charge in [0.05, 0.1) is 18.0 Å².